The predicted octanol–water partition coefficient (Wildman–Crippen LogP) is 3.15. The van der Waals surface area contributed by atoms with E-state index in [0.717, 1.165) is 13.0 Å². The molecule has 0 spiro atoms. The van der Waals surface area contributed by atoms with Crippen LogP contribution in [-0.2, 0) is 6.18 Å². The van der Waals surface area contributed by atoms with Crippen LogP contribution in [0.5, 0.6) is 0 Å². The van der Waals surface area contributed by atoms with Crippen LogP contribution in [0.1, 0.15) is 24.3 Å². The molecule has 0 N–H and O–H groups in total. The van der Waals surface area contributed by atoms with Crippen LogP contribution in [0.15, 0.2) is 24.3 Å². The molecule has 0 amide bonds. The number of rotatable bonds is 1. The van der Waals surface area contributed by atoms with E-state index in [9.17, 15) is 18.0 Å². The molecule has 4 heteroatoms. The van der Waals surface area contributed by atoms with Crippen LogP contribution >= 0.6 is 0 Å². The normalized spacial score (nSPS) is 11.4. The summed E-state index contributed by atoms with van der Waals surface area (Å²) in [6, 6.07) is 4.74. The second-order valence-corrected chi connectivity index (χ2v) is 2.60. The highest BCUT2D eigenvalue weighted by molar-refractivity contribution is 5.95. The zero-order valence-electron chi connectivity index (χ0n) is 6.85. The van der Waals surface area contributed by atoms with Gasteiger partial charge in [-0.3, -0.25) is 4.79 Å². The third-order valence-corrected chi connectivity index (χ3v) is 1.61. The molecule has 0 aliphatic rings. The van der Waals surface area contributed by atoms with Crippen LogP contribution < -0.4 is 0 Å². The van der Waals surface area contributed by atoms with Gasteiger partial charge in [-0.25, -0.2) is 0 Å². The molecule has 0 saturated heterocycles. The Morgan fingerprint density at radius 3 is 2.23 bits per heavy atom. The second kappa shape index (κ2) is 3.20. The Bertz CT molecular complexity index is 333. The third kappa shape index (κ3) is 2.08. The zero-order chi connectivity index (χ0) is 10.1. The van der Waals surface area contributed by atoms with Crippen LogP contribution in [0.3, 0.4) is 0 Å². The molecule has 0 atom stereocenters. The van der Waals surface area contributed by atoms with Crippen LogP contribution in [0, 0.1) is 0 Å². The van der Waals surface area contributed by atoms with Crippen molar-refractivity contribution in [2.45, 2.75) is 13.1 Å². The van der Waals surface area contributed by atoms with Gasteiger partial charge in [0, 0.05) is 6.99 Å². The Morgan fingerprint density at radius 2 is 1.85 bits per heavy atom. The van der Waals surface area contributed by atoms with Gasteiger partial charge in [0.25, 0.3) is 0 Å². The first-order chi connectivity index (χ1) is 5.93. The molecule has 1 aromatic rings. The number of Topliss-reactive ketones (excluding diaryl/α,β-unsaturated/α-hetero) is 1. The van der Waals surface area contributed by atoms with Gasteiger partial charge >= 0.3 is 6.18 Å². The van der Waals surface area contributed by atoms with Crippen LogP contribution in [0.25, 0.3) is 0 Å². The van der Waals surface area contributed by atoms with Gasteiger partial charge in [-0.15, -0.1) is 0 Å². The second-order valence-electron chi connectivity index (χ2n) is 2.60. The molecular formula is C9H9F3O. The number of ketones is 1. The number of alkyl halides is 3. The average molecular weight is 190 g/mol. The summed E-state index contributed by atoms with van der Waals surface area (Å²) in [5, 5.41) is 0. The fourth-order valence-corrected chi connectivity index (χ4v) is 1.04. The summed E-state index contributed by atoms with van der Waals surface area (Å²) in [6.45, 7) is 1.12. The van der Waals surface area contributed by atoms with Crippen molar-refractivity contribution in [1.29, 1.82) is 0 Å². The standard InChI is InChI=1S/C9H7F3O.H2/c1-6(13)7-4-2-3-5-8(7)9(10,11)12;/h2-5H,1H3;1H. The highest BCUT2D eigenvalue weighted by Gasteiger charge is 2.33. The molecule has 1 aromatic carbocycles. The van der Waals surface area contributed by atoms with Crippen molar-refractivity contribution in [3.63, 3.8) is 0 Å². The third-order valence-electron chi connectivity index (χ3n) is 1.61. The van der Waals surface area contributed by atoms with E-state index in [4.69, 9.17) is 0 Å². The first-order valence-corrected chi connectivity index (χ1v) is 3.60. The Morgan fingerprint density at radius 1 is 1.31 bits per heavy atom. The lowest BCUT2D eigenvalue weighted by Gasteiger charge is -2.09. The summed E-state index contributed by atoms with van der Waals surface area (Å²) in [6.07, 6.45) is -4.46. The predicted molar refractivity (Wildman–Crippen MR) is 43.6 cm³/mol. The molecule has 0 bridgehead atoms. The van der Waals surface area contributed by atoms with Crippen molar-refractivity contribution in [2.24, 2.45) is 0 Å². The Kier molecular flexibility index (Phi) is 2.40. The highest BCUT2D eigenvalue weighted by atomic mass is 19.4. The van der Waals surface area contributed by atoms with Crippen molar-refractivity contribution in [3.8, 4) is 0 Å². The van der Waals surface area contributed by atoms with Gasteiger partial charge in [-0.1, -0.05) is 18.2 Å². The fourth-order valence-electron chi connectivity index (χ4n) is 1.04. The topological polar surface area (TPSA) is 17.1 Å². The molecular weight excluding hydrogens is 181 g/mol. The molecule has 0 aliphatic heterocycles. The number of hydrogen-bond acceptors (Lipinski definition) is 1. The van der Waals surface area contributed by atoms with Crippen LogP contribution in [0.2, 0.25) is 0 Å². The van der Waals surface area contributed by atoms with Crippen molar-refractivity contribution in [1.82, 2.24) is 0 Å². The summed E-state index contributed by atoms with van der Waals surface area (Å²) in [5.41, 5.74) is -1.16. The molecule has 13 heavy (non-hydrogen) atoms. The Labute approximate surface area is 74.7 Å². The molecule has 1 nitrogen and oxygen atoms in total. The summed E-state index contributed by atoms with van der Waals surface area (Å²) < 4.78 is 36.8. The number of benzene rings is 1. The molecule has 1 rings (SSSR count). The number of carbonyl (C=O) groups excluding carboxylic acids is 1. The number of carbonyl (C=O) groups is 1. The van der Waals surface area contributed by atoms with Gasteiger partial charge in [0.15, 0.2) is 5.78 Å². The van der Waals surface area contributed by atoms with Gasteiger partial charge in [-0.05, 0) is 13.0 Å². The van der Waals surface area contributed by atoms with Crippen molar-refractivity contribution >= 4 is 5.78 Å². The molecule has 0 unspecified atom stereocenters. The monoisotopic (exact) mass is 190 g/mol. The molecule has 0 aliphatic carbocycles. The van der Waals surface area contributed by atoms with Gasteiger partial charge in [-0.2, -0.15) is 13.2 Å². The smallest absolute Gasteiger partial charge is 0.294 e. The molecule has 0 heterocycles. The van der Waals surface area contributed by atoms with E-state index >= 15 is 0 Å². The van der Waals surface area contributed by atoms with E-state index in [2.05, 4.69) is 0 Å². The zero-order valence-corrected chi connectivity index (χ0v) is 6.85. The van der Waals surface area contributed by atoms with E-state index in [-0.39, 0.29) is 6.99 Å². The van der Waals surface area contributed by atoms with Gasteiger partial charge in [0.1, 0.15) is 0 Å². The number of halogens is 3. The van der Waals surface area contributed by atoms with E-state index in [1.165, 1.54) is 18.2 Å². The van der Waals surface area contributed by atoms with E-state index in [1.807, 2.05) is 0 Å². The summed E-state index contributed by atoms with van der Waals surface area (Å²) in [4.78, 5) is 10.8. The quantitative estimate of drug-likeness (QED) is 0.621. The minimum Gasteiger partial charge on any atom is -0.294 e. The van der Waals surface area contributed by atoms with Crippen LogP contribution in [0.4, 0.5) is 13.2 Å². The summed E-state index contributed by atoms with van der Waals surface area (Å²) in [7, 11) is 0. The Hall–Kier alpha value is -1.32. The molecule has 72 valence electrons. The van der Waals surface area contributed by atoms with Gasteiger partial charge in [0.05, 0.1) is 5.56 Å². The summed E-state index contributed by atoms with van der Waals surface area (Å²) in [5.74, 6) is -0.576. The lowest BCUT2D eigenvalue weighted by Crippen LogP contribution is -2.11. The lowest BCUT2D eigenvalue weighted by atomic mass is 10.0. The maximum Gasteiger partial charge on any atom is 0.417 e. The van der Waals surface area contributed by atoms with E-state index in [1.54, 1.807) is 0 Å². The first kappa shape index (κ1) is 9.77. The van der Waals surface area contributed by atoms with Crippen molar-refractivity contribution < 1.29 is 19.4 Å². The average Bonchev–Trinajstić information content (AvgIpc) is 2.03. The van der Waals surface area contributed by atoms with E-state index in [0.29, 0.717) is 0 Å². The van der Waals surface area contributed by atoms with E-state index < -0.39 is 17.5 Å². The highest BCUT2D eigenvalue weighted by Crippen LogP contribution is 2.31. The molecule has 0 saturated carbocycles. The summed E-state index contributed by atoms with van der Waals surface area (Å²) >= 11 is 0. The largest absolute Gasteiger partial charge is 0.417 e. The molecule has 0 radical (unpaired) electrons. The number of hydrogen-bond donors (Lipinski definition) is 0. The maximum absolute atomic E-state index is 12.3. The fraction of sp³-hybridized carbons (Fsp3) is 0.222. The SMILES string of the molecule is CC(=O)c1ccccc1C(F)(F)F.[HH]. The van der Waals surface area contributed by atoms with Crippen LogP contribution in [-0.4, -0.2) is 5.78 Å². The molecule has 0 fully saturated rings. The molecule has 0 aromatic heterocycles. The van der Waals surface area contributed by atoms with Gasteiger partial charge in [0.2, 0.25) is 0 Å². The van der Waals surface area contributed by atoms with Gasteiger partial charge < -0.3 is 0 Å². The first-order valence-electron chi connectivity index (χ1n) is 3.60. The van der Waals surface area contributed by atoms with Crippen molar-refractivity contribution in [2.75, 3.05) is 0 Å². The Balaban J connectivity index is 0.00000169. The minimum atomic E-state index is -4.46. The maximum atomic E-state index is 12.3. The lowest BCUT2D eigenvalue weighted by molar-refractivity contribution is -0.137. The van der Waals surface area contributed by atoms with Crippen molar-refractivity contribution in [3.05, 3.63) is 35.4 Å². The minimum absolute atomic E-state index is 0.